The number of rotatable bonds is 4. The molecular weight excluding hydrogens is 304 g/mol. The van der Waals surface area contributed by atoms with Crippen LogP contribution < -0.4 is 10.1 Å². The van der Waals surface area contributed by atoms with Gasteiger partial charge < -0.3 is 20.1 Å². The molecule has 2 rings (SSSR count). The predicted molar refractivity (Wildman–Crippen MR) is 87.6 cm³/mol. The van der Waals surface area contributed by atoms with Crippen molar-refractivity contribution in [3.05, 3.63) is 23.2 Å². The topological polar surface area (TPSA) is 61.8 Å². The van der Waals surface area contributed by atoms with Gasteiger partial charge >= 0.3 is 6.03 Å². The van der Waals surface area contributed by atoms with Gasteiger partial charge in [-0.2, -0.15) is 0 Å². The summed E-state index contributed by atoms with van der Waals surface area (Å²) in [6.07, 6.45) is 3.64. The van der Waals surface area contributed by atoms with Crippen LogP contribution in [0.4, 0.5) is 10.5 Å². The second-order valence-corrected chi connectivity index (χ2v) is 6.18. The minimum Gasteiger partial charge on any atom is -0.497 e. The maximum Gasteiger partial charge on any atom is 0.321 e. The number of carbonyl (C=O) groups is 1. The van der Waals surface area contributed by atoms with E-state index in [-0.39, 0.29) is 18.1 Å². The van der Waals surface area contributed by atoms with Crippen molar-refractivity contribution in [1.82, 2.24) is 4.90 Å². The van der Waals surface area contributed by atoms with Crippen molar-refractivity contribution < 1.29 is 14.6 Å². The summed E-state index contributed by atoms with van der Waals surface area (Å²) < 4.78 is 5.13. The van der Waals surface area contributed by atoms with Gasteiger partial charge in [0.2, 0.25) is 0 Å². The zero-order valence-electron chi connectivity index (χ0n) is 13.0. The molecule has 1 aliphatic rings. The molecule has 0 bridgehead atoms. The Morgan fingerprint density at radius 2 is 2.18 bits per heavy atom. The Morgan fingerprint density at radius 1 is 1.45 bits per heavy atom. The monoisotopic (exact) mass is 326 g/mol. The molecule has 1 aromatic carbocycles. The van der Waals surface area contributed by atoms with E-state index in [9.17, 15) is 9.90 Å². The smallest absolute Gasteiger partial charge is 0.321 e. The second-order valence-electron chi connectivity index (χ2n) is 5.77. The number of aliphatic hydroxyl groups excluding tert-OH is 1. The van der Waals surface area contributed by atoms with Gasteiger partial charge in [-0.15, -0.1) is 0 Å². The number of nitrogens with one attached hydrogen (secondary N) is 1. The molecule has 1 aromatic rings. The zero-order valence-corrected chi connectivity index (χ0v) is 13.8. The lowest BCUT2D eigenvalue weighted by molar-refractivity contribution is 0.0575. The lowest BCUT2D eigenvalue weighted by Gasteiger charge is -2.31. The molecule has 122 valence electrons. The number of amides is 2. The van der Waals surface area contributed by atoms with E-state index in [4.69, 9.17) is 16.3 Å². The number of urea groups is 1. The van der Waals surface area contributed by atoms with Crippen molar-refractivity contribution in [3.63, 3.8) is 0 Å². The Bertz CT molecular complexity index is 524. The largest absolute Gasteiger partial charge is 0.497 e. The van der Waals surface area contributed by atoms with Crippen LogP contribution in [0.15, 0.2) is 18.2 Å². The first-order valence-corrected chi connectivity index (χ1v) is 7.92. The normalized spacial score (nSPS) is 21.3. The summed E-state index contributed by atoms with van der Waals surface area (Å²) in [6, 6.07) is 4.86. The van der Waals surface area contributed by atoms with E-state index in [1.807, 2.05) is 0 Å². The highest BCUT2D eigenvalue weighted by Gasteiger charge is 2.25. The zero-order chi connectivity index (χ0) is 16.1. The van der Waals surface area contributed by atoms with Crippen LogP contribution in [-0.4, -0.2) is 42.8 Å². The van der Waals surface area contributed by atoms with Gasteiger partial charge in [-0.05, 0) is 25.0 Å². The molecule has 22 heavy (non-hydrogen) atoms. The van der Waals surface area contributed by atoms with E-state index in [0.29, 0.717) is 23.0 Å². The van der Waals surface area contributed by atoms with Gasteiger partial charge in [0.15, 0.2) is 0 Å². The van der Waals surface area contributed by atoms with E-state index >= 15 is 0 Å². The van der Waals surface area contributed by atoms with Crippen molar-refractivity contribution in [2.24, 2.45) is 5.92 Å². The Labute approximate surface area is 136 Å². The van der Waals surface area contributed by atoms with Crippen molar-refractivity contribution in [2.45, 2.75) is 31.8 Å². The average Bonchev–Trinajstić information content (AvgIpc) is 2.51. The lowest BCUT2D eigenvalue weighted by Crippen LogP contribution is -2.40. The first kappa shape index (κ1) is 16.9. The molecule has 0 aliphatic heterocycles. The summed E-state index contributed by atoms with van der Waals surface area (Å²) in [5.74, 6) is 0.773. The fourth-order valence-electron chi connectivity index (χ4n) is 2.77. The molecule has 1 fully saturated rings. The quantitative estimate of drug-likeness (QED) is 0.891. The van der Waals surface area contributed by atoms with Crippen LogP contribution in [0.1, 0.15) is 25.7 Å². The number of benzene rings is 1. The molecule has 2 atom stereocenters. The number of hydrogen-bond donors (Lipinski definition) is 2. The third-order valence-electron chi connectivity index (χ3n) is 4.14. The maximum atomic E-state index is 12.3. The van der Waals surface area contributed by atoms with Crippen LogP contribution in [0.25, 0.3) is 0 Å². The van der Waals surface area contributed by atoms with Gasteiger partial charge in [-0.3, -0.25) is 0 Å². The Kier molecular flexibility index (Phi) is 5.91. The van der Waals surface area contributed by atoms with Gasteiger partial charge in [0, 0.05) is 25.6 Å². The summed E-state index contributed by atoms with van der Waals surface area (Å²) >= 11 is 6.09. The third kappa shape index (κ3) is 4.27. The molecule has 2 N–H and O–H groups in total. The Hall–Kier alpha value is -1.46. The van der Waals surface area contributed by atoms with E-state index < -0.39 is 0 Å². The molecule has 0 heterocycles. The second kappa shape index (κ2) is 7.70. The average molecular weight is 327 g/mol. The van der Waals surface area contributed by atoms with Crippen molar-refractivity contribution in [2.75, 3.05) is 26.0 Å². The number of nitrogens with zero attached hydrogens (tertiary/aromatic N) is 1. The number of hydrogen-bond acceptors (Lipinski definition) is 3. The summed E-state index contributed by atoms with van der Waals surface area (Å²) in [7, 11) is 3.29. The number of carbonyl (C=O) groups excluding carboxylic acids is 1. The molecule has 0 aromatic heterocycles. The Morgan fingerprint density at radius 3 is 2.86 bits per heavy atom. The molecule has 5 nitrogen and oxygen atoms in total. The molecular formula is C16H23ClN2O3. The van der Waals surface area contributed by atoms with Crippen LogP contribution in [0.2, 0.25) is 5.02 Å². The molecule has 0 spiro atoms. The van der Waals surface area contributed by atoms with Crippen LogP contribution >= 0.6 is 11.6 Å². The molecule has 1 aliphatic carbocycles. The molecule has 0 saturated heterocycles. The van der Waals surface area contributed by atoms with Crippen molar-refractivity contribution in [3.8, 4) is 5.75 Å². The van der Waals surface area contributed by atoms with Crippen molar-refractivity contribution >= 4 is 23.3 Å². The van der Waals surface area contributed by atoms with E-state index in [1.54, 1.807) is 37.3 Å². The van der Waals surface area contributed by atoms with Crippen LogP contribution in [0.5, 0.6) is 5.75 Å². The predicted octanol–water partition coefficient (Wildman–Crippen LogP) is 3.36. The Balaban J connectivity index is 1.96. The lowest BCUT2D eigenvalue weighted by atomic mass is 9.86. The van der Waals surface area contributed by atoms with Gasteiger partial charge in [-0.25, -0.2) is 4.79 Å². The first-order valence-electron chi connectivity index (χ1n) is 7.55. The van der Waals surface area contributed by atoms with Crippen molar-refractivity contribution in [1.29, 1.82) is 0 Å². The van der Waals surface area contributed by atoms with Gasteiger partial charge in [-0.1, -0.05) is 24.4 Å². The first-order chi connectivity index (χ1) is 10.5. The van der Waals surface area contributed by atoms with E-state index in [0.717, 1.165) is 25.7 Å². The minimum atomic E-state index is -0.315. The SMILES string of the molecule is COc1ccc(Cl)c(NC(=O)N(C)CC2CCCCC2O)c1. The summed E-state index contributed by atoms with van der Waals surface area (Å²) in [5, 5.41) is 13.2. The highest BCUT2D eigenvalue weighted by Crippen LogP contribution is 2.28. The molecule has 2 amide bonds. The van der Waals surface area contributed by atoms with Gasteiger partial charge in [0.1, 0.15) is 5.75 Å². The third-order valence-corrected chi connectivity index (χ3v) is 4.47. The fourth-order valence-corrected chi connectivity index (χ4v) is 2.94. The summed E-state index contributed by atoms with van der Waals surface area (Å²) in [5.41, 5.74) is 0.516. The summed E-state index contributed by atoms with van der Waals surface area (Å²) in [6.45, 7) is 0.536. The highest BCUT2D eigenvalue weighted by molar-refractivity contribution is 6.33. The standard InChI is InChI=1S/C16H23ClN2O3/c1-19(10-11-5-3-4-6-15(11)20)16(21)18-14-9-12(22-2)7-8-13(14)17/h7-9,11,15,20H,3-6,10H2,1-2H3,(H,18,21). The van der Waals surface area contributed by atoms with Gasteiger partial charge in [0.25, 0.3) is 0 Å². The number of halogens is 1. The maximum absolute atomic E-state index is 12.3. The van der Waals surface area contributed by atoms with Gasteiger partial charge in [0.05, 0.1) is 23.9 Å². The van der Waals surface area contributed by atoms with Crippen LogP contribution in [0, 0.1) is 5.92 Å². The molecule has 1 saturated carbocycles. The highest BCUT2D eigenvalue weighted by atomic mass is 35.5. The number of aliphatic hydroxyl groups is 1. The van der Waals surface area contributed by atoms with E-state index in [1.165, 1.54) is 0 Å². The molecule has 6 heteroatoms. The minimum absolute atomic E-state index is 0.144. The van der Waals surface area contributed by atoms with Crippen LogP contribution in [-0.2, 0) is 0 Å². The summed E-state index contributed by atoms with van der Waals surface area (Å²) in [4.78, 5) is 13.9. The number of anilines is 1. The number of methoxy groups -OCH3 is 1. The number of ether oxygens (including phenoxy) is 1. The van der Waals surface area contributed by atoms with E-state index in [2.05, 4.69) is 5.32 Å². The van der Waals surface area contributed by atoms with Crippen LogP contribution in [0.3, 0.4) is 0 Å². The molecule has 0 radical (unpaired) electrons. The molecule has 2 unspecified atom stereocenters. The fraction of sp³-hybridized carbons (Fsp3) is 0.562.